The Bertz CT molecular complexity index is 785. The van der Waals surface area contributed by atoms with Crippen LogP contribution in [0.2, 0.25) is 0 Å². The Morgan fingerprint density at radius 3 is 2.64 bits per heavy atom. The van der Waals surface area contributed by atoms with Crippen LogP contribution in [0.5, 0.6) is 5.75 Å². The Hall–Kier alpha value is -2.34. The van der Waals surface area contributed by atoms with Crippen LogP contribution < -0.4 is 4.74 Å². The molecule has 0 saturated heterocycles. The molecule has 150 valence electrons. The normalized spacial score (nSPS) is 26.8. The average Bonchev–Trinajstić information content (AvgIpc) is 3.00. The quantitative estimate of drug-likeness (QED) is 0.815. The van der Waals surface area contributed by atoms with Gasteiger partial charge >= 0.3 is 0 Å². The number of aliphatic hydroxyl groups excluding tert-OH is 1. The van der Waals surface area contributed by atoms with Crippen LogP contribution in [0.25, 0.3) is 0 Å². The van der Waals surface area contributed by atoms with Crippen molar-refractivity contribution in [2.75, 3.05) is 19.8 Å². The summed E-state index contributed by atoms with van der Waals surface area (Å²) in [7, 11) is 0. The molecule has 1 N–H and O–H groups in total. The monoisotopic (exact) mass is 385 g/mol. The van der Waals surface area contributed by atoms with Crippen molar-refractivity contribution >= 4 is 11.7 Å². The predicted octanol–water partition coefficient (Wildman–Crippen LogP) is 2.76. The molecule has 1 amide bonds. The van der Waals surface area contributed by atoms with Crippen LogP contribution in [-0.4, -0.2) is 47.6 Å². The molecule has 4 rings (SSSR count). The molecule has 2 aliphatic heterocycles. The smallest absolute Gasteiger partial charge is 0.290 e. The highest BCUT2D eigenvalue weighted by Crippen LogP contribution is 2.46. The highest BCUT2D eigenvalue weighted by Gasteiger charge is 2.51. The third-order valence-electron chi connectivity index (χ3n) is 5.87. The van der Waals surface area contributed by atoms with Gasteiger partial charge in [-0.25, -0.2) is 0 Å². The number of fused-ring (bicyclic) bond motifs is 1. The molecule has 0 bridgehead atoms. The van der Waals surface area contributed by atoms with Crippen LogP contribution in [-0.2, 0) is 14.3 Å². The largest absolute Gasteiger partial charge is 0.494 e. The maximum absolute atomic E-state index is 13.3. The molecule has 3 aliphatic rings. The summed E-state index contributed by atoms with van der Waals surface area (Å²) in [5.41, 5.74) is 1.30. The van der Waals surface area contributed by atoms with Crippen LogP contribution in [0.1, 0.15) is 50.6 Å². The van der Waals surface area contributed by atoms with Crippen LogP contribution in [0.4, 0.5) is 0 Å². The fourth-order valence-corrected chi connectivity index (χ4v) is 4.54. The Kier molecular flexibility index (Phi) is 5.40. The van der Waals surface area contributed by atoms with E-state index >= 15 is 0 Å². The number of carbonyl (C=O) groups excluding carboxylic acids is 2. The molecule has 1 fully saturated rings. The summed E-state index contributed by atoms with van der Waals surface area (Å²) >= 11 is 0. The lowest BCUT2D eigenvalue weighted by atomic mass is 9.77. The molecule has 3 atom stereocenters. The third-order valence-corrected chi connectivity index (χ3v) is 5.87. The lowest BCUT2D eigenvalue weighted by Crippen LogP contribution is -2.39. The Morgan fingerprint density at radius 2 is 1.93 bits per heavy atom. The minimum Gasteiger partial charge on any atom is -0.494 e. The van der Waals surface area contributed by atoms with Crippen LogP contribution >= 0.6 is 0 Å². The lowest BCUT2D eigenvalue weighted by molar-refractivity contribution is -0.135. The molecular formula is C22H27NO5. The first-order valence-electron chi connectivity index (χ1n) is 10.2. The van der Waals surface area contributed by atoms with Crippen molar-refractivity contribution in [3.05, 3.63) is 41.2 Å². The molecular weight excluding hydrogens is 358 g/mol. The second-order valence-electron chi connectivity index (χ2n) is 7.70. The highest BCUT2D eigenvalue weighted by atomic mass is 16.5. The van der Waals surface area contributed by atoms with Crippen molar-refractivity contribution in [3.63, 3.8) is 0 Å². The van der Waals surface area contributed by atoms with Gasteiger partial charge in [-0.05, 0) is 43.4 Å². The summed E-state index contributed by atoms with van der Waals surface area (Å²) in [6.45, 7) is 2.69. The van der Waals surface area contributed by atoms with Gasteiger partial charge in [0.05, 0.1) is 30.7 Å². The number of β-amino-alcohol motifs (C(OH)–C–C–N with tert-alkyl or cyclic N) is 1. The minimum absolute atomic E-state index is 0.0380. The van der Waals surface area contributed by atoms with Gasteiger partial charge in [0.2, 0.25) is 0 Å². The van der Waals surface area contributed by atoms with E-state index in [4.69, 9.17) is 9.47 Å². The van der Waals surface area contributed by atoms with Crippen molar-refractivity contribution in [3.8, 4) is 5.75 Å². The second kappa shape index (κ2) is 7.95. The van der Waals surface area contributed by atoms with Crippen LogP contribution in [0.15, 0.2) is 35.6 Å². The van der Waals surface area contributed by atoms with E-state index in [0.717, 1.165) is 43.4 Å². The fourth-order valence-electron chi connectivity index (χ4n) is 4.54. The Balaban J connectivity index is 1.69. The number of hydrogen-bond donors (Lipinski definition) is 1. The van der Waals surface area contributed by atoms with E-state index in [1.807, 2.05) is 31.2 Å². The molecule has 1 aromatic carbocycles. The molecule has 0 spiro atoms. The van der Waals surface area contributed by atoms with Gasteiger partial charge < -0.3 is 19.5 Å². The predicted molar refractivity (Wildman–Crippen MR) is 103 cm³/mol. The molecule has 28 heavy (non-hydrogen) atoms. The number of ketones is 1. The van der Waals surface area contributed by atoms with E-state index in [0.29, 0.717) is 12.2 Å². The average molecular weight is 385 g/mol. The van der Waals surface area contributed by atoms with E-state index in [1.165, 1.54) is 0 Å². The van der Waals surface area contributed by atoms with Crippen molar-refractivity contribution in [1.82, 2.24) is 4.90 Å². The van der Waals surface area contributed by atoms with Gasteiger partial charge in [-0.1, -0.05) is 25.5 Å². The van der Waals surface area contributed by atoms with Crippen molar-refractivity contribution in [2.24, 2.45) is 5.92 Å². The zero-order valence-corrected chi connectivity index (χ0v) is 16.2. The number of benzene rings is 1. The summed E-state index contributed by atoms with van der Waals surface area (Å²) < 4.78 is 11.7. The van der Waals surface area contributed by atoms with Crippen molar-refractivity contribution in [2.45, 2.75) is 51.2 Å². The molecule has 2 heterocycles. The molecule has 1 aromatic rings. The lowest BCUT2D eigenvalue weighted by Gasteiger charge is -2.35. The maximum Gasteiger partial charge on any atom is 0.290 e. The number of amides is 1. The SMILES string of the molecule is CCCOc1ccc(C2C3=C(OC4CCCCC4C3=O)C(=O)N2CCO)cc1. The van der Waals surface area contributed by atoms with E-state index in [1.54, 1.807) is 4.90 Å². The number of nitrogens with zero attached hydrogens (tertiary/aromatic N) is 1. The first-order chi connectivity index (χ1) is 13.7. The molecule has 1 aliphatic carbocycles. The third kappa shape index (κ3) is 3.20. The summed E-state index contributed by atoms with van der Waals surface area (Å²) in [5.74, 6) is 0.534. The molecule has 0 radical (unpaired) electrons. The van der Waals surface area contributed by atoms with Crippen molar-refractivity contribution in [1.29, 1.82) is 0 Å². The molecule has 6 nitrogen and oxygen atoms in total. The van der Waals surface area contributed by atoms with Gasteiger partial charge in [0.15, 0.2) is 11.5 Å². The van der Waals surface area contributed by atoms with E-state index < -0.39 is 6.04 Å². The summed E-state index contributed by atoms with van der Waals surface area (Å²) in [5, 5.41) is 9.50. The number of carbonyl (C=O) groups is 2. The number of rotatable bonds is 6. The number of ether oxygens (including phenoxy) is 2. The van der Waals surface area contributed by atoms with E-state index in [2.05, 4.69) is 0 Å². The van der Waals surface area contributed by atoms with E-state index in [9.17, 15) is 14.7 Å². The van der Waals surface area contributed by atoms with Gasteiger partial charge in [0, 0.05) is 6.54 Å². The topological polar surface area (TPSA) is 76.1 Å². The van der Waals surface area contributed by atoms with Gasteiger partial charge in [-0.3, -0.25) is 9.59 Å². The second-order valence-corrected chi connectivity index (χ2v) is 7.70. The molecule has 6 heteroatoms. The summed E-state index contributed by atoms with van der Waals surface area (Å²) in [6.07, 6.45) is 4.40. The van der Waals surface area contributed by atoms with Crippen molar-refractivity contribution < 1.29 is 24.2 Å². The number of Topliss-reactive ketones (excluding diaryl/α,β-unsaturated/α-hetero) is 1. The Labute approximate surface area is 165 Å². The number of aliphatic hydroxyl groups is 1. The van der Waals surface area contributed by atoms with E-state index in [-0.39, 0.29) is 42.6 Å². The van der Waals surface area contributed by atoms with Crippen LogP contribution in [0, 0.1) is 5.92 Å². The zero-order chi connectivity index (χ0) is 19.7. The Morgan fingerprint density at radius 1 is 1.18 bits per heavy atom. The number of hydrogen-bond acceptors (Lipinski definition) is 5. The minimum atomic E-state index is -0.509. The van der Waals surface area contributed by atoms with Gasteiger partial charge in [-0.15, -0.1) is 0 Å². The first kappa shape index (κ1) is 19.0. The summed E-state index contributed by atoms with van der Waals surface area (Å²) in [6, 6.07) is 7.00. The molecule has 3 unspecified atom stereocenters. The molecule has 1 saturated carbocycles. The molecule has 0 aromatic heterocycles. The zero-order valence-electron chi connectivity index (χ0n) is 16.2. The fraction of sp³-hybridized carbons (Fsp3) is 0.545. The standard InChI is InChI=1S/C22H27NO5/c1-2-13-27-15-9-7-14(8-10-15)19-18-20(25)16-5-3-4-6-17(16)28-21(18)22(26)23(19)11-12-24/h7-10,16-17,19,24H,2-6,11-13H2,1H3. The first-order valence-corrected chi connectivity index (χ1v) is 10.2. The summed E-state index contributed by atoms with van der Waals surface area (Å²) in [4.78, 5) is 27.9. The van der Waals surface area contributed by atoms with Gasteiger partial charge in [0.25, 0.3) is 5.91 Å². The van der Waals surface area contributed by atoms with Gasteiger partial charge in [-0.2, -0.15) is 0 Å². The maximum atomic E-state index is 13.3. The highest BCUT2D eigenvalue weighted by molar-refractivity contribution is 6.11. The van der Waals surface area contributed by atoms with Crippen LogP contribution in [0.3, 0.4) is 0 Å². The van der Waals surface area contributed by atoms with Gasteiger partial charge in [0.1, 0.15) is 11.9 Å².